The van der Waals surface area contributed by atoms with Crippen molar-refractivity contribution in [2.45, 2.75) is 19.5 Å². The molecule has 5 heteroatoms. The molecule has 1 heterocycles. The lowest BCUT2D eigenvalue weighted by Gasteiger charge is -2.15. The number of nitrogens with one attached hydrogen (secondary N) is 1. The maximum atomic E-state index is 11.8. The highest BCUT2D eigenvalue weighted by atomic mass is 35.5. The first kappa shape index (κ1) is 16.6. The molecule has 1 N–H and O–H groups in total. The van der Waals surface area contributed by atoms with Crippen LogP contribution in [-0.4, -0.2) is 7.11 Å². The highest BCUT2D eigenvalue weighted by molar-refractivity contribution is 6.30. The Labute approximate surface area is 145 Å². The zero-order valence-electron chi connectivity index (χ0n) is 13.5. The van der Waals surface area contributed by atoms with Gasteiger partial charge < -0.3 is 14.5 Å². The van der Waals surface area contributed by atoms with Crippen LogP contribution >= 0.6 is 11.6 Å². The van der Waals surface area contributed by atoms with Crippen molar-refractivity contribution in [3.8, 4) is 5.75 Å². The van der Waals surface area contributed by atoms with Gasteiger partial charge >= 0.3 is 5.63 Å². The molecule has 0 aliphatic rings. The van der Waals surface area contributed by atoms with Crippen molar-refractivity contribution in [3.05, 3.63) is 75.1 Å². The maximum Gasteiger partial charge on any atom is 0.336 e. The Hall–Kier alpha value is -2.30. The molecule has 0 aliphatic carbocycles. The molecule has 0 saturated heterocycles. The Morgan fingerprint density at radius 1 is 1.21 bits per heavy atom. The van der Waals surface area contributed by atoms with Crippen molar-refractivity contribution in [3.63, 3.8) is 0 Å². The molecular formula is C19H18ClNO3. The molecule has 1 atom stereocenters. The normalized spacial score (nSPS) is 12.3. The van der Waals surface area contributed by atoms with E-state index in [1.54, 1.807) is 13.2 Å². The Bertz CT molecular complexity index is 920. The first-order valence-electron chi connectivity index (χ1n) is 7.66. The smallest absolute Gasteiger partial charge is 0.336 e. The summed E-state index contributed by atoms with van der Waals surface area (Å²) in [6.45, 7) is 2.60. The molecule has 124 valence electrons. The largest absolute Gasteiger partial charge is 0.497 e. The quantitative estimate of drug-likeness (QED) is 0.701. The summed E-state index contributed by atoms with van der Waals surface area (Å²) < 4.78 is 10.5. The van der Waals surface area contributed by atoms with Crippen LogP contribution in [0.25, 0.3) is 11.0 Å². The van der Waals surface area contributed by atoms with Crippen molar-refractivity contribution >= 4 is 22.6 Å². The third-order valence-corrected chi connectivity index (χ3v) is 4.22. The fourth-order valence-corrected chi connectivity index (χ4v) is 2.84. The van der Waals surface area contributed by atoms with Crippen LogP contribution in [0.4, 0.5) is 0 Å². The van der Waals surface area contributed by atoms with Crippen molar-refractivity contribution in [1.82, 2.24) is 5.32 Å². The van der Waals surface area contributed by atoms with Crippen LogP contribution in [0.2, 0.25) is 5.02 Å². The lowest BCUT2D eigenvalue weighted by atomic mass is 10.1. The second-order valence-corrected chi connectivity index (χ2v) is 6.05. The molecular weight excluding hydrogens is 326 g/mol. The zero-order valence-corrected chi connectivity index (χ0v) is 14.3. The summed E-state index contributed by atoms with van der Waals surface area (Å²) in [5.74, 6) is 0.656. The molecule has 2 aromatic carbocycles. The van der Waals surface area contributed by atoms with E-state index < -0.39 is 0 Å². The van der Waals surface area contributed by atoms with E-state index in [9.17, 15) is 4.79 Å². The van der Waals surface area contributed by atoms with E-state index in [2.05, 4.69) is 12.2 Å². The van der Waals surface area contributed by atoms with Crippen molar-refractivity contribution in [2.75, 3.05) is 7.11 Å². The van der Waals surface area contributed by atoms with Gasteiger partial charge in [-0.25, -0.2) is 4.79 Å². The van der Waals surface area contributed by atoms with Crippen LogP contribution in [0.3, 0.4) is 0 Å². The minimum Gasteiger partial charge on any atom is -0.497 e. The van der Waals surface area contributed by atoms with Crippen LogP contribution in [0.1, 0.15) is 24.1 Å². The average Bonchev–Trinajstić information content (AvgIpc) is 2.58. The Morgan fingerprint density at radius 2 is 2.04 bits per heavy atom. The van der Waals surface area contributed by atoms with Gasteiger partial charge in [-0.15, -0.1) is 0 Å². The molecule has 0 bridgehead atoms. The molecule has 0 saturated carbocycles. The van der Waals surface area contributed by atoms with Gasteiger partial charge in [-0.2, -0.15) is 0 Å². The van der Waals surface area contributed by atoms with E-state index in [4.69, 9.17) is 20.8 Å². The number of halogens is 1. The van der Waals surface area contributed by atoms with Gasteiger partial charge in [0.15, 0.2) is 0 Å². The predicted octanol–water partition coefficient (Wildman–Crippen LogP) is 4.31. The molecule has 4 nitrogen and oxygen atoms in total. The molecule has 24 heavy (non-hydrogen) atoms. The summed E-state index contributed by atoms with van der Waals surface area (Å²) >= 11 is 6.04. The fourth-order valence-electron chi connectivity index (χ4n) is 2.64. The Morgan fingerprint density at radius 3 is 2.79 bits per heavy atom. The van der Waals surface area contributed by atoms with Crippen LogP contribution in [0.5, 0.6) is 5.75 Å². The Kier molecular flexibility index (Phi) is 4.88. The molecule has 0 radical (unpaired) electrons. The highest BCUT2D eigenvalue weighted by Crippen LogP contribution is 2.23. The van der Waals surface area contributed by atoms with Gasteiger partial charge in [0.05, 0.1) is 7.11 Å². The zero-order chi connectivity index (χ0) is 17.1. The van der Waals surface area contributed by atoms with Crippen LogP contribution in [-0.2, 0) is 6.54 Å². The monoisotopic (exact) mass is 343 g/mol. The minimum atomic E-state index is -0.372. The first-order chi connectivity index (χ1) is 11.6. The SMILES string of the molecule is COc1ccc2c(CN[C@H](C)c3cccc(Cl)c3)cc(=O)oc2c1. The number of ether oxygens (including phenoxy) is 1. The first-order valence-corrected chi connectivity index (χ1v) is 8.04. The van der Waals surface area contributed by atoms with Crippen molar-refractivity contribution in [1.29, 1.82) is 0 Å². The van der Waals surface area contributed by atoms with Gasteiger partial charge in [-0.3, -0.25) is 0 Å². The molecule has 0 amide bonds. The molecule has 0 aliphatic heterocycles. The third-order valence-electron chi connectivity index (χ3n) is 3.98. The summed E-state index contributed by atoms with van der Waals surface area (Å²) in [4.78, 5) is 11.8. The highest BCUT2D eigenvalue weighted by Gasteiger charge is 2.10. The van der Waals surface area contributed by atoms with E-state index in [1.165, 1.54) is 6.07 Å². The second kappa shape index (κ2) is 7.07. The van der Waals surface area contributed by atoms with Crippen molar-refractivity contribution < 1.29 is 9.15 Å². The number of rotatable bonds is 5. The summed E-state index contributed by atoms with van der Waals surface area (Å²) in [6, 6.07) is 14.8. The number of hydrogen-bond acceptors (Lipinski definition) is 4. The van der Waals surface area contributed by atoms with Gasteiger partial charge in [-0.05, 0) is 42.3 Å². The van der Waals surface area contributed by atoms with E-state index in [1.807, 2.05) is 36.4 Å². The lowest BCUT2D eigenvalue weighted by molar-refractivity contribution is 0.414. The lowest BCUT2D eigenvalue weighted by Crippen LogP contribution is -2.19. The second-order valence-electron chi connectivity index (χ2n) is 5.61. The summed E-state index contributed by atoms with van der Waals surface area (Å²) in [6.07, 6.45) is 0. The molecule has 3 rings (SSSR count). The predicted molar refractivity (Wildman–Crippen MR) is 95.7 cm³/mol. The van der Waals surface area contributed by atoms with E-state index in [-0.39, 0.29) is 11.7 Å². The van der Waals surface area contributed by atoms with Gasteiger partial charge in [0.1, 0.15) is 11.3 Å². The van der Waals surface area contributed by atoms with Crippen LogP contribution in [0, 0.1) is 0 Å². The van der Waals surface area contributed by atoms with Crippen LogP contribution < -0.4 is 15.7 Å². The van der Waals surface area contributed by atoms with E-state index >= 15 is 0 Å². The minimum absolute atomic E-state index is 0.101. The third kappa shape index (κ3) is 3.61. The van der Waals surface area contributed by atoms with Gasteiger partial charge in [0.25, 0.3) is 0 Å². The van der Waals surface area contributed by atoms with Crippen molar-refractivity contribution in [2.24, 2.45) is 0 Å². The summed E-state index contributed by atoms with van der Waals surface area (Å²) in [5, 5.41) is 5.02. The molecule has 3 aromatic rings. The number of benzene rings is 2. The molecule has 1 aromatic heterocycles. The maximum absolute atomic E-state index is 11.8. The van der Waals surface area contributed by atoms with Gasteiger partial charge in [-0.1, -0.05) is 23.7 Å². The topological polar surface area (TPSA) is 51.5 Å². The fraction of sp³-hybridized carbons (Fsp3) is 0.211. The number of fused-ring (bicyclic) bond motifs is 1. The van der Waals surface area contributed by atoms with E-state index in [0.29, 0.717) is 22.9 Å². The van der Waals surface area contributed by atoms with Gasteiger partial charge in [0, 0.05) is 35.1 Å². The summed E-state index contributed by atoms with van der Waals surface area (Å²) in [7, 11) is 1.58. The van der Waals surface area contributed by atoms with Gasteiger partial charge in [0.2, 0.25) is 0 Å². The standard InChI is InChI=1S/C19H18ClNO3/c1-12(13-4-3-5-15(20)8-13)21-11-14-9-19(22)24-18-10-16(23-2)6-7-17(14)18/h3-10,12,21H,11H2,1-2H3/t12-/m1/s1. The van der Waals surface area contributed by atoms with Crippen LogP contribution in [0.15, 0.2) is 57.7 Å². The summed E-state index contributed by atoms with van der Waals surface area (Å²) in [5.41, 5.74) is 2.13. The molecule has 0 fully saturated rings. The number of methoxy groups -OCH3 is 1. The van der Waals surface area contributed by atoms with E-state index in [0.717, 1.165) is 16.5 Å². The molecule has 0 unspecified atom stereocenters. The molecule has 0 spiro atoms. The number of hydrogen-bond donors (Lipinski definition) is 1. The average molecular weight is 344 g/mol. The Balaban J connectivity index is 1.86.